The number of Topliss-reactive ketones (excluding diaryl/α,β-unsaturated/α-hetero) is 1. The second-order valence-corrected chi connectivity index (χ2v) is 4.13. The van der Waals surface area contributed by atoms with Crippen molar-refractivity contribution in [3.8, 4) is 17.8 Å². The van der Waals surface area contributed by atoms with Gasteiger partial charge in [-0.1, -0.05) is 13.8 Å². The first kappa shape index (κ1) is 14.2. The molecule has 0 aliphatic heterocycles. The number of hydrogen-bond acceptors (Lipinski definition) is 6. The highest BCUT2D eigenvalue weighted by atomic mass is 16.5. The Morgan fingerprint density at radius 3 is 2.00 bits per heavy atom. The van der Waals surface area contributed by atoms with Crippen LogP contribution in [0.4, 0.5) is 0 Å². The van der Waals surface area contributed by atoms with Crippen LogP contribution in [-0.4, -0.2) is 36.1 Å². The first-order valence-corrected chi connectivity index (χ1v) is 5.62. The Bertz CT molecular complexity index is 398. The molecule has 6 nitrogen and oxygen atoms in total. The zero-order valence-electron chi connectivity index (χ0n) is 11.3. The van der Waals surface area contributed by atoms with Gasteiger partial charge in [-0.2, -0.15) is 9.97 Å². The van der Waals surface area contributed by atoms with E-state index in [2.05, 4.69) is 9.97 Å². The number of rotatable bonds is 6. The third-order valence-corrected chi connectivity index (χ3v) is 2.32. The number of nitrogens with zero attached hydrogens (tertiary/aromatic N) is 2. The van der Waals surface area contributed by atoms with Crippen molar-refractivity contribution in [2.24, 2.45) is 5.92 Å². The molecule has 1 aromatic heterocycles. The van der Waals surface area contributed by atoms with E-state index >= 15 is 0 Å². The van der Waals surface area contributed by atoms with Crippen LogP contribution in [0.25, 0.3) is 0 Å². The van der Waals surface area contributed by atoms with Crippen LogP contribution in [0, 0.1) is 5.92 Å². The number of hydrogen-bond donors (Lipinski definition) is 0. The third-order valence-electron chi connectivity index (χ3n) is 2.32. The number of carbonyl (C=O) groups excluding carboxylic acids is 1. The van der Waals surface area contributed by atoms with Gasteiger partial charge < -0.3 is 14.2 Å². The summed E-state index contributed by atoms with van der Waals surface area (Å²) in [5.74, 6) is 0.601. The van der Waals surface area contributed by atoms with Gasteiger partial charge in [0.25, 0.3) is 0 Å². The molecule has 1 aromatic rings. The highest BCUT2D eigenvalue weighted by Crippen LogP contribution is 2.20. The SMILES string of the molecule is COc1cc(OC)nc(O[C@H](C(C)=O)C(C)C)n1. The van der Waals surface area contributed by atoms with Crippen LogP contribution in [0.5, 0.6) is 17.8 Å². The fourth-order valence-corrected chi connectivity index (χ4v) is 1.45. The smallest absolute Gasteiger partial charge is 0.323 e. The summed E-state index contributed by atoms with van der Waals surface area (Å²) in [6, 6.07) is 1.60. The minimum Gasteiger partial charge on any atom is -0.481 e. The lowest BCUT2D eigenvalue weighted by molar-refractivity contribution is -0.125. The van der Waals surface area contributed by atoms with Crippen molar-refractivity contribution >= 4 is 5.78 Å². The minimum atomic E-state index is -0.582. The molecule has 0 aliphatic carbocycles. The van der Waals surface area contributed by atoms with Gasteiger partial charge in [-0.15, -0.1) is 0 Å². The molecule has 0 bridgehead atoms. The van der Waals surface area contributed by atoms with E-state index in [1.807, 2.05) is 13.8 Å². The van der Waals surface area contributed by atoms with E-state index in [4.69, 9.17) is 14.2 Å². The topological polar surface area (TPSA) is 70.5 Å². The molecular formula is C12H18N2O4. The third kappa shape index (κ3) is 3.58. The lowest BCUT2D eigenvalue weighted by Crippen LogP contribution is -2.31. The molecule has 0 saturated heterocycles. The van der Waals surface area contributed by atoms with E-state index in [-0.39, 0.29) is 17.7 Å². The number of aromatic nitrogens is 2. The molecule has 0 amide bonds. The molecule has 0 aromatic carbocycles. The molecule has 1 rings (SSSR count). The summed E-state index contributed by atoms with van der Waals surface area (Å²) < 4.78 is 15.5. The van der Waals surface area contributed by atoms with Crippen LogP contribution >= 0.6 is 0 Å². The molecule has 0 radical (unpaired) electrons. The van der Waals surface area contributed by atoms with Crippen LogP contribution in [0.15, 0.2) is 6.07 Å². The largest absolute Gasteiger partial charge is 0.481 e. The zero-order valence-corrected chi connectivity index (χ0v) is 11.3. The van der Waals surface area contributed by atoms with Crippen molar-refractivity contribution in [3.63, 3.8) is 0 Å². The second-order valence-electron chi connectivity index (χ2n) is 4.13. The van der Waals surface area contributed by atoms with E-state index in [1.165, 1.54) is 27.2 Å². The summed E-state index contributed by atoms with van der Waals surface area (Å²) in [6.45, 7) is 5.26. The van der Waals surface area contributed by atoms with Crippen LogP contribution < -0.4 is 14.2 Å². The molecule has 0 N–H and O–H groups in total. The van der Waals surface area contributed by atoms with E-state index in [9.17, 15) is 4.79 Å². The van der Waals surface area contributed by atoms with Gasteiger partial charge in [-0.25, -0.2) is 0 Å². The number of carbonyl (C=O) groups is 1. The van der Waals surface area contributed by atoms with Gasteiger partial charge in [-0.05, 0) is 12.8 Å². The predicted molar refractivity (Wildman–Crippen MR) is 65.1 cm³/mol. The van der Waals surface area contributed by atoms with Crippen molar-refractivity contribution in [1.29, 1.82) is 0 Å². The maximum absolute atomic E-state index is 11.5. The second kappa shape index (κ2) is 6.18. The Kier molecular flexibility index (Phi) is 4.88. The normalized spacial score (nSPS) is 12.1. The molecule has 0 saturated carbocycles. The zero-order chi connectivity index (χ0) is 13.7. The van der Waals surface area contributed by atoms with Gasteiger partial charge in [0, 0.05) is 0 Å². The van der Waals surface area contributed by atoms with Crippen molar-refractivity contribution in [3.05, 3.63) is 6.07 Å². The number of ether oxygens (including phenoxy) is 3. The van der Waals surface area contributed by atoms with Crippen molar-refractivity contribution in [1.82, 2.24) is 9.97 Å². The van der Waals surface area contributed by atoms with Gasteiger partial charge >= 0.3 is 6.01 Å². The Morgan fingerprint density at radius 1 is 1.17 bits per heavy atom. The summed E-state index contributed by atoms with van der Waals surface area (Å²) >= 11 is 0. The molecule has 100 valence electrons. The van der Waals surface area contributed by atoms with Crippen LogP contribution in [0.2, 0.25) is 0 Å². The molecular weight excluding hydrogens is 236 g/mol. The van der Waals surface area contributed by atoms with Crippen molar-refractivity contribution < 1.29 is 19.0 Å². The molecule has 1 heterocycles. The fourth-order valence-electron chi connectivity index (χ4n) is 1.45. The molecule has 1 atom stereocenters. The Morgan fingerprint density at radius 2 is 1.67 bits per heavy atom. The Hall–Kier alpha value is -1.85. The quantitative estimate of drug-likeness (QED) is 0.766. The average molecular weight is 254 g/mol. The molecule has 0 unspecified atom stereocenters. The van der Waals surface area contributed by atoms with Crippen molar-refractivity contribution in [2.45, 2.75) is 26.9 Å². The van der Waals surface area contributed by atoms with E-state index < -0.39 is 6.10 Å². The average Bonchev–Trinajstić information content (AvgIpc) is 2.34. The molecule has 18 heavy (non-hydrogen) atoms. The first-order chi connectivity index (χ1) is 8.47. The summed E-state index contributed by atoms with van der Waals surface area (Å²) in [7, 11) is 2.97. The van der Waals surface area contributed by atoms with Gasteiger partial charge in [0.1, 0.15) is 0 Å². The fraction of sp³-hybridized carbons (Fsp3) is 0.583. The lowest BCUT2D eigenvalue weighted by Gasteiger charge is -2.18. The summed E-state index contributed by atoms with van der Waals surface area (Å²) in [5, 5.41) is 0. The molecule has 0 aliphatic rings. The van der Waals surface area contributed by atoms with Crippen LogP contribution in [0.1, 0.15) is 20.8 Å². The van der Waals surface area contributed by atoms with E-state index in [1.54, 1.807) is 0 Å². The summed E-state index contributed by atoms with van der Waals surface area (Å²) in [6.07, 6.45) is -0.582. The minimum absolute atomic E-state index is 0.0308. The van der Waals surface area contributed by atoms with Crippen LogP contribution in [-0.2, 0) is 4.79 Å². The monoisotopic (exact) mass is 254 g/mol. The highest BCUT2D eigenvalue weighted by Gasteiger charge is 2.22. The highest BCUT2D eigenvalue weighted by molar-refractivity contribution is 5.80. The predicted octanol–water partition coefficient (Wildman–Crippen LogP) is 1.49. The molecule has 6 heteroatoms. The molecule has 0 spiro atoms. The maximum atomic E-state index is 11.5. The number of methoxy groups -OCH3 is 2. The van der Waals surface area contributed by atoms with Gasteiger partial charge in [0.05, 0.1) is 20.3 Å². The van der Waals surface area contributed by atoms with E-state index in [0.717, 1.165) is 0 Å². The Labute approximate surface area is 106 Å². The van der Waals surface area contributed by atoms with Crippen molar-refractivity contribution in [2.75, 3.05) is 14.2 Å². The van der Waals surface area contributed by atoms with Gasteiger partial charge in [0.15, 0.2) is 11.9 Å². The first-order valence-electron chi connectivity index (χ1n) is 5.62. The van der Waals surface area contributed by atoms with Crippen LogP contribution in [0.3, 0.4) is 0 Å². The van der Waals surface area contributed by atoms with Gasteiger partial charge in [-0.3, -0.25) is 4.79 Å². The van der Waals surface area contributed by atoms with Gasteiger partial charge in [0.2, 0.25) is 11.8 Å². The van der Waals surface area contributed by atoms with E-state index in [0.29, 0.717) is 11.8 Å². The Balaban J connectivity index is 2.98. The standard InChI is InChI=1S/C12H18N2O4/c1-7(2)11(8(3)15)18-12-13-9(16-4)6-10(14-12)17-5/h6-7,11H,1-5H3/t11-/m0/s1. The maximum Gasteiger partial charge on any atom is 0.323 e. The summed E-state index contributed by atoms with van der Waals surface area (Å²) in [4.78, 5) is 19.5. The summed E-state index contributed by atoms with van der Waals surface area (Å²) in [5.41, 5.74) is 0. The molecule has 0 fully saturated rings. The number of ketones is 1. The lowest BCUT2D eigenvalue weighted by atomic mass is 10.0.